The van der Waals surface area contributed by atoms with Crippen molar-refractivity contribution in [3.05, 3.63) is 0 Å². The van der Waals surface area contributed by atoms with Gasteiger partial charge in [-0.3, -0.25) is 9.59 Å². The lowest BCUT2D eigenvalue weighted by molar-refractivity contribution is -0.143. The van der Waals surface area contributed by atoms with Gasteiger partial charge in [-0.15, -0.1) is 0 Å². The van der Waals surface area contributed by atoms with Crippen LogP contribution < -0.4 is 22.1 Å². The lowest BCUT2D eigenvalue weighted by Crippen LogP contribution is -2.44. The summed E-state index contributed by atoms with van der Waals surface area (Å²) < 4.78 is 0. The molecule has 10 heteroatoms. The van der Waals surface area contributed by atoms with Crippen LogP contribution in [0.2, 0.25) is 0 Å². The average Bonchev–Trinajstić information content (AvgIpc) is 2.56. The summed E-state index contributed by atoms with van der Waals surface area (Å²) in [5, 5.41) is 22.1. The van der Waals surface area contributed by atoms with Gasteiger partial charge in [-0.2, -0.15) is 0 Å². The standard InChI is InChI=1S/C11H21NO3.C6H13N3O3/c1-4-5-6-7-9(13)12-10(8(2)3)11(14)15;7-4(5(10)11)2-1-3-9-6(8)12/h8,10H,4-7H2,1-3H3,(H,12,13)(H,14,15);4H,1-3,7H2,(H,10,11)(H3,8,9,12). The quantitative estimate of drug-likeness (QED) is 0.264. The Labute approximate surface area is 160 Å². The van der Waals surface area contributed by atoms with Gasteiger partial charge in [0.05, 0.1) is 0 Å². The fraction of sp³-hybridized carbons (Fsp3) is 0.765. The Kier molecular flexibility index (Phi) is 15.8. The molecular weight excluding hydrogens is 356 g/mol. The average molecular weight is 390 g/mol. The third-order valence-electron chi connectivity index (χ3n) is 3.56. The number of carbonyl (C=O) groups is 4. The van der Waals surface area contributed by atoms with Gasteiger partial charge in [-0.25, -0.2) is 9.59 Å². The van der Waals surface area contributed by atoms with Crippen molar-refractivity contribution in [1.29, 1.82) is 0 Å². The van der Waals surface area contributed by atoms with E-state index in [1.165, 1.54) is 0 Å². The van der Waals surface area contributed by atoms with Crippen LogP contribution >= 0.6 is 0 Å². The van der Waals surface area contributed by atoms with Crippen LogP contribution in [0.4, 0.5) is 4.79 Å². The van der Waals surface area contributed by atoms with Gasteiger partial charge < -0.3 is 32.3 Å². The summed E-state index contributed by atoms with van der Waals surface area (Å²) in [7, 11) is 0. The Morgan fingerprint density at radius 2 is 1.59 bits per heavy atom. The maximum absolute atomic E-state index is 11.4. The van der Waals surface area contributed by atoms with Gasteiger partial charge in [0.15, 0.2) is 0 Å². The largest absolute Gasteiger partial charge is 0.480 e. The molecule has 0 aromatic carbocycles. The van der Waals surface area contributed by atoms with E-state index in [0.717, 1.165) is 19.3 Å². The maximum atomic E-state index is 11.4. The number of carboxylic acids is 2. The van der Waals surface area contributed by atoms with E-state index >= 15 is 0 Å². The lowest BCUT2D eigenvalue weighted by Gasteiger charge is -2.17. The van der Waals surface area contributed by atoms with Crippen molar-refractivity contribution in [2.24, 2.45) is 17.4 Å². The molecule has 0 spiro atoms. The second kappa shape index (κ2) is 15.9. The van der Waals surface area contributed by atoms with Gasteiger partial charge in [0, 0.05) is 13.0 Å². The molecule has 2 atom stereocenters. The van der Waals surface area contributed by atoms with Crippen molar-refractivity contribution in [2.45, 2.75) is 71.4 Å². The molecule has 0 saturated carbocycles. The molecule has 0 heterocycles. The van der Waals surface area contributed by atoms with Gasteiger partial charge in [-0.1, -0.05) is 33.6 Å². The predicted molar refractivity (Wildman–Crippen MR) is 101 cm³/mol. The highest BCUT2D eigenvalue weighted by molar-refractivity contribution is 5.83. The van der Waals surface area contributed by atoms with Gasteiger partial charge in [0.2, 0.25) is 5.91 Å². The number of nitrogens with two attached hydrogens (primary N) is 2. The summed E-state index contributed by atoms with van der Waals surface area (Å²) in [5.41, 5.74) is 9.96. The van der Waals surface area contributed by atoms with E-state index in [4.69, 9.17) is 21.7 Å². The minimum absolute atomic E-state index is 0.0855. The number of hydrogen-bond donors (Lipinski definition) is 6. The predicted octanol–water partition coefficient (Wildman–Crippen LogP) is 0.639. The first-order valence-corrected chi connectivity index (χ1v) is 9.06. The molecule has 0 radical (unpaired) electrons. The monoisotopic (exact) mass is 390 g/mol. The van der Waals surface area contributed by atoms with Crippen LogP contribution in [0.3, 0.4) is 0 Å². The molecule has 0 rings (SSSR count). The Morgan fingerprint density at radius 1 is 1.00 bits per heavy atom. The van der Waals surface area contributed by atoms with Crippen LogP contribution in [-0.2, 0) is 14.4 Å². The van der Waals surface area contributed by atoms with Gasteiger partial charge in [-0.05, 0) is 25.2 Å². The van der Waals surface area contributed by atoms with Crippen molar-refractivity contribution >= 4 is 23.9 Å². The van der Waals surface area contributed by atoms with Crippen LogP contribution in [0.5, 0.6) is 0 Å². The molecule has 2 unspecified atom stereocenters. The molecule has 0 saturated heterocycles. The fourth-order valence-electron chi connectivity index (χ4n) is 1.95. The van der Waals surface area contributed by atoms with Crippen LogP contribution in [0.25, 0.3) is 0 Å². The van der Waals surface area contributed by atoms with Crippen LogP contribution in [0, 0.1) is 5.92 Å². The zero-order valence-corrected chi connectivity index (χ0v) is 16.4. The second-order valence-corrected chi connectivity index (χ2v) is 6.46. The van der Waals surface area contributed by atoms with E-state index in [-0.39, 0.29) is 11.8 Å². The van der Waals surface area contributed by atoms with E-state index in [0.29, 0.717) is 25.8 Å². The van der Waals surface area contributed by atoms with Crippen molar-refractivity contribution in [3.8, 4) is 0 Å². The number of amides is 3. The Hall–Kier alpha value is -2.36. The Morgan fingerprint density at radius 3 is 2.00 bits per heavy atom. The van der Waals surface area contributed by atoms with E-state index < -0.39 is 30.1 Å². The smallest absolute Gasteiger partial charge is 0.326 e. The SMILES string of the molecule is CCCCCC(=O)NC(C(=O)O)C(C)C.NC(=O)NCCCC(N)C(=O)O. The summed E-state index contributed by atoms with van der Waals surface area (Å²) in [4.78, 5) is 42.5. The molecular formula is C17H34N4O6. The Bertz CT molecular complexity index is 470. The molecule has 0 aromatic rings. The fourth-order valence-corrected chi connectivity index (χ4v) is 1.95. The second-order valence-electron chi connectivity index (χ2n) is 6.46. The highest BCUT2D eigenvalue weighted by Crippen LogP contribution is 2.04. The lowest BCUT2D eigenvalue weighted by atomic mass is 10.0. The summed E-state index contributed by atoms with van der Waals surface area (Å²) in [6.45, 7) is 5.98. The topological polar surface area (TPSA) is 185 Å². The van der Waals surface area contributed by atoms with Gasteiger partial charge >= 0.3 is 18.0 Å². The zero-order chi connectivity index (χ0) is 21.4. The summed E-state index contributed by atoms with van der Waals surface area (Å²) in [5.74, 6) is -2.25. The first-order chi connectivity index (χ1) is 12.5. The summed E-state index contributed by atoms with van der Waals surface area (Å²) >= 11 is 0. The minimum atomic E-state index is -1.03. The number of urea groups is 1. The number of primary amides is 1. The normalized spacial score (nSPS) is 12.3. The van der Waals surface area contributed by atoms with Crippen LogP contribution in [0.1, 0.15) is 59.3 Å². The van der Waals surface area contributed by atoms with Crippen LogP contribution in [0.15, 0.2) is 0 Å². The van der Waals surface area contributed by atoms with Crippen molar-refractivity contribution in [3.63, 3.8) is 0 Å². The first kappa shape index (κ1) is 26.9. The number of aliphatic carboxylic acids is 2. The van der Waals surface area contributed by atoms with Gasteiger partial charge in [0.25, 0.3) is 0 Å². The van der Waals surface area contributed by atoms with E-state index in [1.54, 1.807) is 13.8 Å². The number of carbonyl (C=O) groups excluding carboxylic acids is 2. The summed E-state index contributed by atoms with van der Waals surface area (Å²) in [6.07, 6.45) is 4.15. The first-order valence-electron chi connectivity index (χ1n) is 9.06. The third kappa shape index (κ3) is 16.8. The minimum Gasteiger partial charge on any atom is -0.480 e. The number of hydrogen-bond acceptors (Lipinski definition) is 5. The molecule has 0 bridgehead atoms. The molecule has 0 aliphatic heterocycles. The van der Waals surface area contributed by atoms with Crippen molar-refractivity contribution in [1.82, 2.24) is 10.6 Å². The number of nitrogens with one attached hydrogen (secondary N) is 2. The molecule has 8 N–H and O–H groups in total. The molecule has 3 amide bonds. The highest BCUT2D eigenvalue weighted by Gasteiger charge is 2.22. The van der Waals surface area contributed by atoms with E-state index in [9.17, 15) is 19.2 Å². The molecule has 0 aliphatic carbocycles. The molecule has 10 nitrogen and oxygen atoms in total. The number of carboxylic acid groups (broad SMARTS) is 2. The Balaban J connectivity index is 0. The van der Waals surface area contributed by atoms with Crippen molar-refractivity contribution < 1.29 is 29.4 Å². The van der Waals surface area contributed by atoms with Crippen LogP contribution in [-0.4, -0.2) is 52.7 Å². The van der Waals surface area contributed by atoms with E-state index in [2.05, 4.69) is 17.6 Å². The van der Waals surface area contributed by atoms with E-state index in [1.807, 2.05) is 0 Å². The molecule has 0 aromatic heterocycles. The molecule has 0 aliphatic rings. The molecule has 158 valence electrons. The molecule has 0 fully saturated rings. The summed E-state index contributed by atoms with van der Waals surface area (Å²) in [6, 6.07) is -2.24. The number of unbranched alkanes of at least 4 members (excludes halogenated alkanes) is 2. The maximum Gasteiger partial charge on any atom is 0.326 e. The van der Waals surface area contributed by atoms with Gasteiger partial charge in [0.1, 0.15) is 12.1 Å². The molecule has 27 heavy (non-hydrogen) atoms. The zero-order valence-electron chi connectivity index (χ0n) is 16.4. The van der Waals surface area contributed by atoms with Crippen molar-refractivity contribution in [2.75, 3.05) is 6.54 Å². The number of rotatable bonds is 12. The highest BCUT2D eigenvalue weighted by atomic mass is 16.4. The third-order valence-corrected chi connectivity index (χ3v) is 3.56.